The fourth-order valence-corrected chi connectivity index (χ4v) is 2.34. The van der Waals surface area contributed by atoms with E-state index in [0.717, 1.165) is 16.8 Å². The Labute approximate surface area is 134 Å². The van der Waals surface area contributed by atoms with E-state index in [-0.39, 0.29) is 12.7 Å². The van der Waals surface area contributed by atoms with Crippen molar-refractivity contribution in [3.63, 3.8) is 0 Å². The fraction of sp³-hybridized carbons (Fsp3) is 0.312. The summed E-state index contributed by atoms with van der Waals surface area (Å²) in [6.07, 6.45) is 1.35. The molecule has 2 aromatic rings. The van der Waals surface area contributed by atoms with Crippen molar-refractivity contribution in [1.82, 2.24) is 20.0 Å². The molecule has 1 amide bonds. The number of aromatic nitrogens is 2. The maximum Gasteiger partial charge on any atom is 0.410 e. The molecule has 0 unspecified atom stereocenters. The Kier molecular flexibility index (Phi) is 4.27. The van der Waals surface area contributed by atoms with Gasteiger partial charge in [0.15, 0.2) is 5.82 Å². The minimum atomic E-state index is -0.332. The van der Waals surface area contributed by atoms with Crippen molar-refractivity contribution in [1.29, 1.82) is 0 Å². The lowest BCUT2D eigenvalue weighted by Gasteiger charge is -2.15. The number of amides is 1. The van der Waals surface area contributed by atoms with Crippen molar-refractivity contribution in [3.05, 3.63) is 47.2 Å². The smallest absolute Gasteiger partial charge is 0.410 e. The fourth-order valence-electron chi connectivity index (χ4n) is 2.34. The molecule has 0 bridgehead atoms. The highest BCUT2D eigenvalue weighted by atomic mass is 16.6. The molecule has 120 valence electrons. The number of nitrogens with zero attached hydrogens (tertiary/aromatic N) is 4. The highest BCUT2D eigenvalue weighted by molar-refractivity contribution is 5.70. The van der Waals surface area contributed by atoms with Gasteiger partial charge in [0.1, 0.15) is 6.61 Å². The summed E-state index contributed by atoms with van der Waals surface area (Å²) in [6, 6.07) is 9.63. The molecule has 23 heavy (non-hydrogen) atoms. The normalized spacial score (nSPS) is 13.4. The second-order valence-electron chi connectivity index (χ2n) is 5.61. The molecule has 1 aliphatic heterocycles. The molecule has 0 saturated carbocycles. The van der Waals surface area contributed by atoms with Crippen molar-refractivity contribution >= 4 is 18.2 Å². The maximum atomic E-state index is 12.2. The second kappa shape index (κ2) is 6.51. The predicted octanol–water partition coefficient (Wildman–Crippen LogP) is 2.28. The van der Waals surface area contributed by atoms with Gasteiger partial charge in [-0.05, 0) is 5.56 Å². The summed E-state index contributed by atoms with van der Waals surface area (Å²) in [6.45, 7) is 1.20. The SMILES string of the molecule is CN(C)C=Nc1n[nH]c2c1CN(C(=O)OCc1ccccc1)C2. The third kappa shape index (κ3) is 3.50. The number of aliphatic imine (C=N–C) groups is 1. The Hall–Kier alpha value is -2.83. The topological polar surface area (TPSA) is 73.8 Å². The first-order chi connectivity index (χ1) is 11.1. The van der Waals surface area contributed by atoms with Gasteiger partial charge in [-0.3, -0.25) is 10.00 Å². The van der Waals surface area contributed by atoms with Crippen molar-refractivity contribution in [3.8, 4) is 0 Å². The number of benzene rings is 1. The van der Waals surface area contributed by atoms with E-state index in [1.54, 1.807) is 11.2 Å². The van der Waals surface area contributed by atoms with Crippen LogP contribution in [0.5, 0.6) is 0 Å². The molecule has 1 N–H and O–H groups in total. The summed E-state index contributed by atoms with van der Waals surface area (Å²) < 4.78 is 5.36. The molecular weight excluding hydrogens is 294 g/mol. The van der Waals surface area contributed by atoms with Crippen LogP contribution in [0, 0.1) is 0 Å². The van der Waals surface area contributed by atoms with Crippen LogP contribution in [-0.2, 0) is 24.4 Å². The third-order valence-electron chi connectivity index (χ3n) is 3.50. The molecule has 0 aliphatic carbocycles. The minimum Gasteiger partial charge on any atom is -0.445 e. The number of H-pyrrole nitrogens is 1. The van der Waals surface area contributed by atoms with Crippen molar-refractivity contribution in [2.75, 3.05) is 14.1 Å². The van der Waals surface area contributed by atoms with E-state index < -0.39 is 0 Å². The van der Waals surface area contributed by atoms with Gasteiger partial charge in [-0.1, -0.05) is 30.3 Å². The summed E-state index contributed by atoms with van der Waals surface area (Å²) in [5, 5.41) is 7.11. The van der Waals surface area contributed by atoms with Gasteiger partial charge < -0.3 is 9.64 Å². The van der Waals surface area contributed by atoms with Gasteiger partial charge >= 0.3 is 6.09 Å². The molecular formula is C16H19N5O2. The van der Waals surface area contributed by atoms with Gasteiger partial charge in [-0.2, -0.15) is 5.10 Å². The van der Waals surface area contributed by atoms with Crippen LogP contribution in [0.15, 0.2) is 35.3 Å². The van der Waals surface area contributed by atoms with Crippen LogP contribution in [0.1, 0.15) is 16.8 Å². The van der Waals surface area contributed by atoms with E-state index in [1.165, 1.54) is 0 Å². The zero-order chi connectivity index (χ0) is 16.2. The lowest BCUT2D eigenvalue weighted by Crippen LogP contribution is -2.26. The molecule has 3 rings (SSSR count). The predicted molar refractivity (Wildman–Crippen MR) is 86.3 cm³/mol. The van der Waals surface area contributed by atoms with Crippen molar-refractivity contribution < 1.29 is 9.53 Å². The first kappa shape index (κ1) is 15.1. The molecule has 7 nitrogen and oxygen atoms in total. The van der Waals surface area contributed by atoms with Crippen LogP contribution in [0.25, 0.3) is 0 Å². The lowest BCUT2D eigenvalue weighted by atomic mass is 10.2. The average molecular weight is 313 g/mol. The summed E-state index contributed by atoms with van der Waals surface area (Å²) in [5.74, 6) is 0.618. The Bertz CT molecular complexity index is 709. The van der Waals surface area contributed by atoms with Gasteiger partial charge in [0.05, 0.1) is 25.1 Å². The van der Waals surface area contributed by atoms with Gasteiger partial charge in [-0.15, -0.1) is 0 Å². The van der Waals surface area contributed by atoms with Crippen LogP contribution in [-0.4, -0.2) is 46.5 Å². The number of nitrogens with one attached hydrogen (secondary N) is 1. The molecule has 1 aromatic heterocycles. The zero-order valence-electron chi connectivity index (χ0n) is 13.2. The number of aromatic amines is 1. The van der Waals surface area contributed by atoms with Crippen molar-refractivity contribution in [2.45, 2.75) is 19.7 Å². The number of ether oxygens (including phenoxy) is 1. The number of fused-ring (bicyclic) bond motifs is 1. The molecule has 1 aromatic carbocycles. The number of rotatable bonds is 4. The first-order valence-corrected chi connectivity index (χ1v) is 7.36. The molecule has 7 heteroatoms. The second-order valence-corrected chi connectivity index (χ2v) is 5.61. The minimum absolute atomic E-state index is 0.272. The molecule has 0 spiro atoms. The average Bonchev–Trinajstić information content (AvgIpc) is 3.12. The van der Waals surface area contributed by atoms with Crippen LogP contribution in [0.4, 0.5) is 10.6 Å². The Morgan fingerprint density at radius 3 is 2.91 bits per heavy atom. The largest absolute Gasteiger partial charge is 0.445 e. The number of carbonyl (C=O) groups is 1. The lowest BCUT2D eigenvalue weighted by molar-refractivity contribution is 0.0951. The Morgan fingerprint density at radius 1 is 1.39 bits per heavy atom. The van der Waals surface area contributed by atoms with E-state index >= 15 is 0 Å². The molecule has 2 heterocycles. The number of carbonyl (C=O) groups excluding carboxylic acids is 1. The monoisotopic (exact) mass is 313 g/mol. The summed E-state index contributed by atoms with van der Waals surface area (Å²) in [5.41, 5.74) is 2.82. The van der Waals surface area contributed by atoms with Gasteiger partial charge in [-0.25, -0.2) is 9.79 Å². The highest BCUT2D eigenvalue weighted by Crippen LogP contribution is 2.29. The standard InChI is InChI=1S/C16H19N5O2/c1-20(2)11-17-15-13-8-21(9-14(13)18-19-15)16(22)23-10-12-6-4-3-5-7-12/h3-7,11H,8-10H2,1-2H3,(H,18,19). The molecule has 0 fully saturated rings. The van der Waals surface area contributed by atoms with E-state index in [0.29, 0.717) is 18.9 Å². The number of hydrogen-bond donors (Lipinski definition) is 1. The molecule has 0 atom stereocenters. The number of hydrogen-bond acceptors (Lipinski definition) is 4. The third-order valence-corrected chi connectivity index (χ3v) is 3.50. The Morgan fingerprint density at radius 2 is 2.17 bits per heavy atom. The van der Waals surface area contributed by atoms with Gasteiger partial charge in [0.2, 0.25) is 0 Å². The van der Waals surface area contributed by atoms with E-state index in [1.807, 2.05) is 49.3 Å². The Balaban J connectivity index is 1.60. The van der Waals surface area contributed by atoms with Crippen LogP contribution >= 0.6 is 0 Å². The quantitative estimate of drug-likeness (QED) is 0.694. The zero-order valence-corrected chi connectivity index (χ0v) is 13.2. The molecule has 0 saturated heterocycles. The summed E-state index contributed by atoms with van der Waals surface area (Å²) >= 11 is 0. The molecule has 0 radical (unpaired) electrons. The first-order valence-electron chi connectivity index (χ1n) is 7.36. The summed E-state index contributed by atoms with van der Waals surface area (Å²) in [4.78, 5) is 20.0. The maximum absolute atomic E-state index is 12.2. The van der Waals surface area contributed by atoms with Crippen LogP contribution in [0.3, 0.4) is 0 Å². The summed E-state index contributed by atoms with van der Waals surface area (Å²) in [7, 11) is 3.78. The highest BCUT2D eigenvalue weighted by Gasteiger charge is 2.29. The molecule has 1 aliphatic rings. The van der Waals surface area contributed by atoms with Gasteiger partial charge in [0, 0.05) is 19.7 Å². The van der Waals surface area contributed by atoms with E-state index in [4.69, 9.17) is 4.74 Å². The van der Waals surface area contributed by atoms with Crippen LogP contribution < -0.4 is 0 Å². The van der Waals surface area contributed by atoms with Crippen molar-refractivity contribution in [2.24, 2.45) is 4.99 Å². The van der Waals surface area contributed by atoms with E-state index in [2.05, 4.69) is 15.2 Å². The van der Waals surface area contributed by atoms with Gasteiger partial charge in [0.25, 0.3) is 0 Å². The van der Waals surface area contributed by atoms with E-state index in [9.17, 15) is 4.79 Å². The van der Waals surface area contributed by atoms with Crippen LogP contribution in [0.2, 0.25) is 0 Å².